The number of nitrogens with zero attached hydrogens (tertiary/aromatic N) is 2. The van der Waals surface area contributed by atoms with E-state index in [1.54, 1.807) is 6.07 Å². The van der Waals surface area contributed by atoms with Crippen LogP contribution < -0.4 is 4.72 Å². The minimum Gasteiger partial charge on any atom is -0.299 e. The van der Waals surface area contributed by atoms with Crippen molar-refractivity contribution in [2.75, 3.05) is 5.75 Å². The summed E-state index contributed by atoms with van der Waals surface area (Å²) in [5, 5.41) is 0. The molecule has 2 saturated carbocycles. The second kappa shape index (κ2) is 6.74. The molecule has 0 radical (unpaired) electrons. The number of hydrogen-bond donors (Lipinski definition) is 1. The zero-order valence-electron chi connectivity index (χ0n) is 16.2. The van der Waals surface area contributed by atoms with Crippen LogP contribution in [-0.2, 0) is 21.4 Å². The average Bonchev–Trinajstić information content (AvgIpc) is 3.01. The Morgan fingerprint density at radius 2 is 1.93 bits per heavy atom. The number of hydrogen-bond acceptors (Lipinski definition) is 5. The van der Waals surface area contributed by atoms with Gasteiger partial charge in [0.25, 0.3) is 0 Å². The Balaban J connectivity index is 1.49. The first-order valence-electron chi connectivity index (χ1n) is 9.60. The summed E-state index contributed by atoms with van der Waals surface area (Å²) in [6.45, 7) is 4.17. The van der Waals surface area contributed by atoms with Crippen molar-refractivity contribution in [2.45, 2.75) is 39.7 Å². The van der Waals surface area contributed by atoms with Gasteiger partial charge in [0.15, 0.2) is 0 Å². The topological polar surface area (TPSA) is 89.0 Å². The number of benzene rings is 1. The molecule has 7 heteroatoms. The van der Waals surface area contributed by atoms with Crippen LogP contribution in [0.15, 0.2) is 42.7 Å². The lowest BCUT2D eigenvalue weighted by molar-refractivity contribution is -0.128. The van der Waals surface area contributed by atoms with E-state index in [9.17, 15) is 13.2 Å². The van der Waals surface area contributed by atoms with Gasteiger partial charge in [0.1, 0.15) is 12.1 Å². The van der Waals surface area contributed by atoms with Crippen LogP contribution in [0.2, 0.25) is 0 Å². The molecule has 2 bridgehead atoms. The van der Waals surface area contributed by atoms with E-state index in [2.05, 4.69) is 14.7 Å². The third-order valence-corrected chi connectivity index (χ3v) is 8.30. The monoisotopic (exact) mass is 399 g/mol. The van der Waals surface area contributed by atoms with Crippen molar-refractivity contribution in [2.24, 2.45) is 16.7 Å². The predicted octanol–water partition coefficient (Wildman–Crippen LogP) is 2.96. The number of Topliss-reactive ketones (excluding diaryl/α,β-unsaturated/α-hetero) is 1. The fraction of sp³-hybridized carbons (Fsp3) is 0.476. The number of ketones is 1. The average molecular weight is 400 g/mol. The summed E-state index contributed by atoms with van der Waals surface area (Å²) in [7, 11) is -3.62. The van der Waals surface area contributed by atoms with Crippen LogP contribution in [0.3, 0.4) is 0 Å². The van der Waals surface area contributed by atoms with Crippen molar-refractivity contribution in [3.63, 3.8) is 0 Å². The van der Waals surface area contributed by atoms with Crippen LogP contribution in [0.1, 0.15) is 38.8 Å². The van der Waals surface area contributed by atoms with E-state index in [0.717, 1.165) is 17.7 Å². The maximum absolute atomic E-state index is 12.8. The number of carbonyl (C=O) groups excluding carboxylic acids is 1. The highest BCUT2D eigenvalue weighted by Gasteiger charge is 2.65. The van der Waals surface area contributed by atoms with Gasteiger partial charge in [0, 0.05) is 17.4 Å². The number of aromatic nitrogens is 2. The van der Waals surface area contributed by atoms with E-state index in [0.29, 0.717) is 24.5 Å². The molecule has 2 fully saturated rings. The summed E-state index contributed by atoms with van der Waals surface area (Å²) in [5.74, 6) is 0.261. The minimum absolute atomic E-state index is 0.0822. The molecular formula is C21H25N3O3S. The summed E-state index contributed by atoms with van der Waals surface area (Å²) < 4.78 is 28.3. The molecule has 1 heterocycles. The van der Waals surface area contributed by atoms with E-state index >= 15 is 0 Å². The van der Waals surface area contributed by atoms with Crippen LogP contribution >= 0.6 is 0 Å². The van der Waals surface area contributed by atoms with Crippen molar-refractivity contribution < 1.29 is 13.2 Å². The highest BCUT2D eigenvalue weighted by molar-refractivity contribution is 7.89. The zero-order chi connectivity index (χ0) is 20.0. The number of carbonyl (C=O) groups is 1. The molecule has 2 aromatic rings. The molecule has 0 amide bonds. The lowest BCUT2D eigenvalue weighted by Crippen LogP contribution is -2.45. The summed E-state index contributed by atoms with van der Waals surface area (Å²) >= 11 is 0. The van der Waals surface area contributed by atoms with Crippen LogP contribution in [0.25, 0.3) is 11.3 Å². The number of sulfonamides is 1. The Labute approximate surface area is 165 Å². The van der Waals surface area contributed by atoms with E-state index < -0.39 is 15.4 Å². The highest BCUT2D eigenvalue weighted by Crippen LogP contribution is 2.64. The molecule has 0 aliphatic heterocycles. The van der Waals surface area contributed by atoms with E-state index in [4.69, 9.17) is 0 Å². The fourth-order valence-electron chi connectivity index (χ4n) is 4.93. The molecular weight excluding hydrogens is 374 g/mol. The van der Waals surface area contributed by atoms with Gasteiger partial charge in [-0.2, -0.15) is 0 Å². The van der Waals surface area contributed by atoms with Crippen molar-refractivity contribution in [3.8, 4) is 11.3 Å². The van der Waals surface area contributed by atoms with Gasteiger partial charge < -0.3 is 0 Å². The van der Waals surface area contributed by atoms with Gasteiger partial charge in [0.05, 0.1) is 23.7 Å². The number of fused-ring (bicyclic) bond motifs is 2. The first-order valence-corrected chi connectivity index (χ1v) is 11.3. The molecule has 1 aromatic heterocycles. The van der Waals surface area contributed by atoms with Gasteiger partial charge in [-0.05, 0) is 30.2 Å². The molecule has 2 atom stereocenters. The van der Waals surface area contributed by atoms with Gasteiger partial charge in [-0.3, -0.25) is 4.79 Å². The Morgan fingerprint density at radius 1 is 1.18 bits per heavy atom. The maximum Gasteiger partial charge on any atom is 0.212 e. The summed E-state index contributed by atoms with van der Waals surface area (Å²) in [5.41, 5.74) is 1.26. The van der Waals surface area contributed by atoms with Gasteiger partial charge >= 0.3 is 0 Å². The Kier molecular flexibility index (Phi) is 4.62. The van der Waals surface area contributed by atoms with Crippen molar-refractivity contribution in [1.29, 1.82) is 0 Å². The summed E-state index contributed by atoms with van der Waals surface area (Å²) in [4.78, 5) is 21.1. The molecule has 2 aliphatic carbocycles. The molecule has 2 unspecified atom stereocenters. The smallest absolute Gasteiger partial charge is 0.212 e. The molecule has 148 valence electrons. The van der Waals surface area contributed by atoms with Gasteiger partial charge in [-0.15, -0.1) is 0 Å². The second-order valence-electron chi connectivity index (χ2n) is 8.51. The van der Waals surface area contributed by atoms with Crippen molar-refractivity contribution in [3.05, 3.63) is 48.4 Å². The first-order chi connectivity index (χ1) is 13.2. The van der Waals surface area contributed by atoms with Gasteiger partial charge in [-0.25, -0.2) is 23.1 Å². The van der Waals surface area contributed by atoms with Gasteiger partial charge in [-0.1, -0.05) is 44.2 Å². The molecule has 0 saturated heterocycles. The second-order valence-corrected chi connectivity index (χ2v) is 10.3. The third kappa shape index (κ3) is 3.16. The predicted molar refractivity (Wildman–Crippen MR) is 107 cm³/mol. The Bertz CT molecular complexity index is 1000. The SMILES string of the molecule is CC1(C)C2CCC1(CS(=O)(=O)NCc1cc(-c3ccccc3)ncn1)C(=O)C2. The van der Waals surface area contributed by atoms with Gasteiger partial charge in [0.2, 0.25) is 10.0 Å². The normalized spacial score (nSPS) is 25.9. The third-order valence-electron chi connectivity index (χ3n) is 6.84. The Morgan fingerprint density at radius 3 is 2.57 bits per heavy atom. The van der Waals surface area contributed by atoms with Crippen molar-refractivity contribution in [1.82, 2.24) is 14.7 Å². The van der Waals surface area contributed by atoms with Crippen LogP contribution in [-0.4, -0.2) is 29.9 Å². The van der Waals surface area contributed by atoms with Crippen LogP contribution in [0.5, 0.6) is 0 Å². The zero-order valence-corrected chi connectivity index (χ0v) is 17.0. The minimum atomic E-state index is -3.62. The molecule has 2 aliphatic rings. The largest absolute Gasteiger partial charge is 0.299 e. The quantitative estimate of drug-likeness (QED) is 0.807. The highest BCUT2D eigenvalue weighted by atomic mass is 32.2. The number of rotatable bonds is 6. The fourth-order valence-corrected chi connectivity index (χ4v) is 6.72. The van der Waals surface area contributed by atoms with Crippen molar-refractivity contribution >= 4 is 15.8 Å². The number of nitrogens with one attached hydrogen (secondary N) is 1. The first kappa shape index (κ1) is 19.2. The molecule has 4 rings (SSSR count). The van der Waals surface area contributed by atoms with E-state index in [1.165, 1.54) is 6.33 Å². The lowest BCUT2D eigenvalue weighted by Gasteiger charge is -2.36. The molecule has 6 nitrogen and oxygen atoms in total. The lowest BCUT2D eigenvalue weighted by atomic mass is 9.70. The Hall–Kier alpha value is -2.12. The van der Waals surface area contributed by atoms with E-state index in [1.807, 2.05) is 44.2 Å². The molecule has 1 N–H and O–H groups in total. The van der Waals surface area contributed by atoms with Crippen LogP contribution in [0, 0.1) is 16.7 Å². The molecule has 1 aromatic carbocycles. The molecule has 28 heavy (non-hydrogen) atoms. The maximum atomic E-state index is 12.8. The standard InChI is InChI=1S/C21H25N3O3S/c1-20(2)16-8-9-21(20,19(25)10-16)13-28(26,27)24-12-17-11-18(23-14-22-17)15-6-4-3-5-7-15/h3-7,11,14,16,24H,8-10,12-13H2,1-2H3. The van der Waals surface area contributed by atoms with Crippen LogP contribution in [0.4, 0.5) is 0 Å². The van der Waals surface area contributed by atoms with E-state index in [-0.39, 0.29) is 23.5 Å². The molecule has 0 spiro atoms. The summed E-state index contributed by atoms with van der Waals surface area (Å²) in [6.07, 6.45) is 3.54. The summed E-state index contributed by atoms with van der Waals surface area (Å²) in [6, 6.07) is 11.5.